The minimum absolute atomic E-state index is 0.0980. The van der Waals surface area contributed by atoms with Crippen LogP contribution in [0.25, 0.3) is 0 Å². The first kappa shape index (κ1) is 15.0. The van der Waals surface area contributed by atoms with Crippen molar-refractivity contribution in [1.82, 2.24) is 4.90 Å². The van der Waals surface area contributed by atoms with E-state index in [1.54, 1.807) is 11.8 Å². The lowest BCUT2D eigenvalue weighted by Crippen LogP contribution is -2.51. The van der Waals surface area contributed by atoms with Gasteiger partial charge >= 0.3 is 5.97 Å². The summed E-state index contributed by atoms with van der Waals surface area (Å²) in [7, 11) is 0. The van der Waals surface area contributed by atoms with E-state index in [0.29, 0.717) is 11.4 Å². The van der Waals surface area contributed by atoms with E-state index in [1.165, 1.54) is 16.2 Å². The number of carboxylic acid groups (broad SMARTS) is 1. The Hall–Kier alpha value is -1.40. The van der Waals surface area contributed by atoms with Crippen LogP contribution >= 0.6 is 11.3 Å². The number of nitrogens with zero attached hydrogens (tertiary/aromatic N) is 1. The van der Waals surface area contributed by atoms with Crippen molar-refractivity contribution < 1.29 is 19.4 Å². The molecule has 2 heterocycles. The van der Waals surface area contributed by atoms with Crippen LogP contribution in [-0.2, 0) is 16.0 Å². The minimum atomic E-state index is -1.02. The normalized spacial score (nSPS) is 22.9. The molecule has 2 atom stereocenters. The summed E-state index contributed by atoms with van der Waals surface area (Å²) in [5.74, 6) is -1.12. The summed E-state index contributed by atoms with van der Waals surface area (Å²) in [6, 6.07) is 1.89. The summed E-state index contributed by atoms with van der Waals surface area (Å²) >= 11 is 1.49. The Labute approximate surface area is 122 Å². The van der Waals surface area contributed by atoms with Crippen LogP contribution in [0.3, 0.4) is 0 Å². The van der Waals surface area contributed by atoms with E-state index in [1.807, 2.05) is 13.0 Å². The number of rotatable bonds is 3. The monoisotopic (exact) mass is 297 g/mol. The molecule has 1 amide bonds. The molecule has 0 bridgehead atoms. The highest BCUT2D eigenvalue weighted by molar-refractivity contribution is 7.14. The van der Waals surface area contributed by atoms with Gasteiger partial charge in [-0.1, -0.05) is 6.92 Å². The van der Waals surface area contributed by atoms with Crippen molar-refractivity contribution in [3.05, 3.63) is 21.4 Å². The maximum absolute atomic E-state index is 12.5. The summed E-state index contributed by atoms with van der Waals surface area (Å²) in [6.45, 7) is 6.38. The van der Waals surface area contributed by atoms with E-state index in [2.05, 4.69) is 6.92 Å². The van der Waals surface area contributed by atoms with Crippen LogP contribution < -0.4 is 0 Å². The number of ether oxygens (including phenoxy) is 1. The molecule has 2 rings (SSSR count). The third-order valence-corrected chi connectivity index (χ3v) is 4.74. The van der Waals surface area contributed by atoms with Crippen molar-refractivity contribution >= 4 is 23.2 Å². The number of carbonyl (C=O) groups is 2. The van der Waals surface area contributed by atoms with Crippen molar-refractivity contribution in [2.75, 3.05) is 13.1 Å². The van der Waals surface area contributed by atoms with E-state index in [-0.39, 0.29) is 18.6 Å². The molecule has 1 unspecified atom stereocenters. The summed E-state index contributed by atoms with van der Waals surface area (Å²) in [5, 5.41) is 9.05. The van der Waals surface area contributed by atoms with Gasteiger partial charge < -0.3 is 14.7 Å². The maximum atomic E-state index is 12.5. The molecule has 0 aliphatic carbocycles. The molecule has 0 aromatic carbocycles. The summed E-state index contributed by atoms with van der Waals surface area (Å²) in [6.07, 6.45) is -0.295. The van der Waals surface area contributed by atoms with Gasteiger partial charge in [0, 0.05) is 11.4 Å². The molecule has 1 fully saturated rings. The largest absolute Gasteiger partial charge is 0.479 e. The van der Waals surface area contributed by atoms with Crippen LogP contribution in [-0.4, -0.2) is 47.2 Å². The van der Waals surface area contributed by atoms with Crippen LogP contribution in [0, 0.1) is 6.92 Å². The molecular weight excluding hydrogens is 278 g/mol. The van der Waals surface area contributed by atoms with Crippen molar-refractivity contribution in [2.45, 2.75) is 39.4 Å². The zero-order valence-electron chi connectivity index (χ0n) is 11.9. The fourth-order valence-electron chi connectivity index (χ4n) is 2.39. The lowest BCUT2D eigenvalue weighted by molar-refractivity contribution is -0.160. The number of aryl methyl sites for hydroxylation is 2. The van der Waals surface area contributed by atoms with Crippen molar-refractivity contribution in [3.63, 3.8) is 0 Å². The van der Waals surface area contributed by atoms with Crippen molar-refractivity contribution in [1.29, 1.82) is 0 Å². The minimum Gasteiger partial charge on any atom is -0.479 e. The van der Waals surface area contributed by atoms with Gasteiger partial charge in [-0.2, -0.15) is 0 Å². The lowest BCUT2D eigenvalue weighted by atomic mass is 10.2. The molecule has 20 heavy (non-hydrogen) atoms. The van der Waals surface area contributed by atoms with Gasteiger partial charge in [-0.15, -0.1) is 11.3 Å². The number of thiophene rings is 1. The third-order valence-electron chi connectivity index (χ3n) is 3.38. The standard InChI is InChI=1S/C14H19NO4S/c1-4-11-8(2)5-12(20-11)13(16)15-6-9(3)19-10(7-15)14(17)18/h5,9-10H,4,6-7H2,1-3H3,(H,17,18)/t9-,10?/m1/s1. The van der Waals surface area contributed by atoms with E-state index in [0.717, 1.165) is 12.0 Å². The van der Waals surface area contributed by atoms with E-state index < -0.39 is 12.1 Å². The highest BCUT2D eigenvalue weighted by atomic mass is 32.1. The van der Waals surface area contributed by atoms with Crippen LogP contribution in [0.4, 0.5) is 0 Å². The highest BCUT2D eigenvalue weighted by Gasteiger charge is 2.33. The Morgan fingerprint density at radius 3 is 2.75 bits per heavy atom. The maximum Gasteiger partial charge on any atom is 0.334 e. The Bertz CT molecular complexity index is 525. The first-order valence-corrected chi connectivity index (χ1v) is 7.50. The molecule has 1 aliphatic heterocycles. The predicted molar refractivity (Wildman–Crippen MR) is 76.3 cm³/mol. The Kier molecular flexibility index (Phi) is 4.45. The molecular formula is C14H19NO4S. The molecule has 0 saturated carbocycles. The average Bonchev–Trinajstić information content (AvgIpc) is 2.78. The number of carboxylic acids is 1. The SMILES string of the molecule is CCc1sc(C(=O)N2CC(C(=O)O)O[C@H](C)C2)cc1C. The second-order valence-corrected chi connectivity index (χ2v) is 6.19. The summed E-state index contributed by atoms with van der Waals surface area (Å²) < 4.78 is 5.32. The van der Waals surface area contributed by atoms with Gasteiger partial charge in [0.1, 0.15) is 0 Å². The predicted octanol–water partition coefficient (Wildman–Crippen LogP) is 1.93. The summed E-state index contributed by atoms with van der Waals surface area (Å²) in [4.78, 5) is 27.0. The molecule has 0 spiro atoms. The fourth-order valence-corrected chi connectivity index (χ4v) is 3.47. The summed E-state index contributed by atoms with van der Waals surface area (Å²) in [5.41, 5.74) is 1.12. The molecule has 0 radical (unpaired) electrons. The fraction of sp³-hybridized carbons (Fsp3) is 0.571. The Morgan fingerprint density at radius 1 is 1.50 bits per heavy atom. The van der Waals surface area contributed by atoms with Crippen LogP contribution in [0.1, 0.15) is 34.0 Å². The van der Waals surface area contributed by atoms with Gasteiger partial charge in [0.15, 0.2) is 6.10 Å². The average molecular weight is 297 g/mol. The van der Waals surface area contributed by atoms with Gasteiger partial charge in [-0.05, 0) is 31.9 Å². The first-order valence-electron chi connectivity index (χ1n) is 6.69. The first-order chi connectivity index (χ1) is 9.42. The molecule has 1 N–H and O–H groups in total. The van der Waals surface area contributed by atoms with Gasteiger partial charge in [-0.3, -0.25) is 4.79 Å². The Morgan fingerprint density at radius 2 is 2.20 bits per heavy atom. The molecule has 1 aliphatic rings. The topological polar surface area (TPSA) is 66.8 Å². The third kappa shape index (κ3) is 3.02. The number of amides is 1. The van der Waals surface area contributed by atoms with Gasteiger partial charge in [0.25, 0.3) is 5.91 Å². The number of hydrogen-bond donors (Lipinski definition) is 1. The van der Waals surface area contributed by atoms with Crippen LogP contribution in [0.15, 0.2) is 6.07 Å². The van der Waals surface area contributed by atoms with E-state index >= 15 is 0 Å². The molecule has 1 saturated heterocycles. The molecule has 5 nitrogen and oxygen atoms in total. The quantitative estimate of drug-likeness (QED) is 0.926. The Balaban J connectivity index is 2.16. The smallest absolute Gasteiger partial charge is 0.334 e. The number of morpholine rings is 1. The number of aliphatic carboxylic acids is 1. The second-order valence-electron chi connectivity index (χ2n) is 5.05. The number of carbonyl (C=O) groups excluding carboxylic acids is 1. The molecule has 6 heteroatoms. The van der Waals surface area contributed by atoms with Crippen LogP contribution in [0.5, 0.6) is 0 Å². The van der Waals surface area contributed by atoms with Gasteiger partial charge in [0.05, 0.1) is 17.5 Å². The van der Waals surface area contributed by atoms with E-state index in [9.17, 15) is 9.59 Å². The van der Waals surface area contributed by atoms with Gasteiger partial charge in [-0.25, -0.2) is 4.79 Å². The van der Waals surface area contributed by atoms with Crippen LogP contribution in [0.2, 0.25) is 0 Å². The molecule has 1 aromatic heterocycles. The second kappa shape index (κ2) is 5.93. The molecule has 110 valence electrons. The molecule has 1 aromatic rings. The zero-order valence-corrected chi connectivity index (χ0v) is 12.7. The zero-order chi connectivity index (χ0) is 14.9. The van der Waals surface area contributed by atoms with Crippen molar-refractivity contribution in [2.24, 2.45) is 0 Å². The van der Waals surface area contributed by atoms with Crippen molar-refractivity contribution in [3.8, 4) is 0 Å². The highest BCUT2D eigenvalue weighted by Crippen LogP contribution is 2.25. The lowest BCUT2D eigenvalue weighted by Gasteiger charge is -2.34. The van der Waals surface area contributed by atoms with E-state index in [4.69, 9.17) is 9.84 Å². The number of hydrogen-bond acceptors (Lipinski definition) is 4. The van der Waals surface area contributed by atoms with Gasteiger partial charge in [0.2, 0.25) is 0 Å².